The van der Waals surface area contributed by atoms with Crippen LogP contribution in [-0.2, 0) is 20.5 Å². The molecule has 0 fully saturated rings. The number of hydrogen-bond donors (Lipinski definition) is 0. The molecule has 3 aromatic rings. The van der Waals surface area contributed by atoms with Gasteiger partial charge in [-0.1, -0.05) is 0 Å². The van der Waals surface area contributed by atoms with E-state index in [1.54, 1.807) is 0 Å². The summed E-state index contributed by atoms with van der Waals surface area (Å²) in [6.07, 6.45) is -2.05. The van der Waals surface area contributed by atoms with Gasteiger partial charge in [0.25, 0.3) is 10.1 Å². The normalized spacial score (nSPS) is 12.7. The summed E-state index contributed by atoms with van der Waals surface area (Å²) in [5.41, 5.74) is -0.464. The summed E-state index contributed by atoms with van der Waals surface area (Å²) in [5.74, 6) is 0.0994. The number of hydrogen-bond acceptors (Lipinski definition) is 5. The summed E-state index contributed by atoms with van der Waals surface area (Å²) >= 11 is 0. The van der Waals surface area contributed by atoms with Gasteiger partial charge in [0.05, 0.1) is 12.7 Å². The Bertz CT molecular complexity index is 1010. The van der Waals surface area contributed by atoms with E-state index in [1.807, 2.05) is 0 Å². The van der Waals surface area contributed by atoms with Gasteiger partial charge in [0.1, 0.15) is 16.2 Å². The van der Waals surface area contributed by atoms with Crippen LogP contribution in [0.15, 0.2) is 52.0 Å². The molecule has 0 radical (unpaired) electrons. The zero-order chi connectivity index (χ0) is 17.5. The van der Waals surface area contributed by atoms with Crippen molar-refractivity contribution in [2.24, 2.45) is 0 Å². The van der Waals surface area contributed by atoms with Gasteiger partial charge < -0.3 is 4.42 Å². The molecular weight excluding hydrogens is 347 g/mol. The van der Waals surface area contributed by atoms with E-state index in [1.165, 1.54) is 24.4 Å². The van der Waals surface area contributed by atoms with Crippen LogP contribution in [0, 0.1) is 0 Å². The fraction of sp³-hybridized carbons (Fsp3) is 0.133. The number of furan rings is 1. The van der Waals surface area contributed by atoms with Crippen LogP contribution in [0.4, 0.5) is 13.2 Å². The Morgan fingerprint density at radius 1 is 1.17 bits per heavy atom. The molecule has 0 aliphatic rings. The molecule has 0 amide bonds. The Morgan fingerprint density at radius 2 is 1.92 bits per heavy atom. The summed E-state index contributed by atoms with van der Waals surface area (Å²) in [4.78, 5) is 3.50. The standard InChI is InChI=1S/C15H10F3NO4S/c1-22-24(20,21)14-8-19-5-4-11(14)13-7-9-6-10(15(16,17)18)2-3-12(9)23-13/h2-8H,1H3. The molecule has 1 aromatic carbocycles. The lowest BCUT2D eigenvalue weighted by Gasteiger charge is -2.05. The average molecular weight is 357 g/mol. The van der Waals surface area contributed by atoms with Crippen molar-refractivity contribution in [2.75, 3.05) is 7.11 Å². The number of benzene rings is 1. The maximum Gasteiger partial charge on any atom is 0.416 e. The molecular formula is C15H10F3NO4S. The first-order chi connectivity index (χ1) is 11.2. The second-order valence-corrected chi connectivity index (χ2v) is 6.54. The highest BCUT2D eigenvalue weighted by atomic mass is 32.2. The molecule has 24 heavy (non-hydrogen) atoms. The third kappa shape index (κ3) is 2.87. The van der Waals surface area contributed by atoms with Crippen LogP contribution in [0.2, 0.25) is 0 Å². The smallest absolute Gasteiger partial charge is 0.416 e. The van der Waals surface area contributed by atoms with Gasteiger partial charge in [0.2, 0.25) is 0 Å². The van der Waals surface area contributed by atoms with Crippen LogP contribution >= 0.6 is 0 Å². The molecule has 2 heterocycles. The van der Waals surface area contributed by atoms with Crippen molar-refractivity contribution >= 4 is 21.1 Å². The number of fused-ring (bicyclic) bond motifs is 1. The minimum absolute atomic E-state index is 0.0994. The Balaban J connectivity index is 2.18. The molecule has 0 aliphatic carbocycles. The molecule has 0 unspecified atom stereocenters. The summed E-state index contributed by atoms with van der Waals surface area (Å²) in [7, 11) is -3.05. The molecule has 5 nitrogen and oxygen atoms in total. The molecule has 9 heteroatoms. The molecule has 0 saturated carbocycles. The first kappa shape index (κ1) is 16.5. The second kappa shape index (κ2) is 5.60. The topological polar surface area (TPSA) is 69.4 Å². The van der Waals surface area contributed by atoms with Crippen molar-refractivity contribution in [3.8, 4) is 11.3 Å². The first-order valence-electron chi connectivity index (χ1n) is 6.58. The van der Waals surface area contributed by atoms with Crippen molar-refractivity contribution < 1.29 is 30.2 Å². The number of pyridine rings is 1. The Labute approximate surface area is 134 Å². The average Bonchev–Trinajstić information content (AvgIpc) is 2.97. The van der Waals surface area contributed by atoms with E-state index in [4.69, 9.17) is 4.42 Å². The summed E-state index contributed by atoms with van der Waals surface area (Å²) in [6.45, 7) is 0. The van der Waals surface area contributed by atoms with Gasteiger partial charge >= 0.3 is 6.18 Å². The third-order valence-corrected chi connectivity index (χ3v) is 4.69. The van der Waals surface area contributed by atoms with E-state index in [0.717, 1.165) is 25.4 Å². The summed E-state index contributed by atoms with van der Waals surface area (Å²) < 4.78 is 72.2. The zero-order valence-corrected chi connectivity index (χ0v) is 13.0. The van der Waals surface area contributed by atoms with E-state index in [9.17, 15) is 21.6 Å². The van der Waals surface area contributed by atoms with Gasteiger partial charge in [-0.05, 0) is 30.3 Å². The monoisotopic (exact) mass is 357 g/mol. The molecule has 0 aliphatic heterocycles. The lowest BCUT2D eigenvalue weighted by molar-refractivity contribution is -0.137. The second-order valence-electron chi connectivity index (χ2n) is 4.85. The highest BCUT2D eigenvalue weighted by Crippen LogP contribution is 2.36. The van der Waals surface area contributed by atoms with Gasteiger partial charge in [-0.15, -0.1) is 0 Å². The lowest BCUT2D eigenvalue weighted by Crippen LogP contribution is -2.05. The predicted molar refractivity (Wildman–Crippen MR) is 78.6 cm³/mol. The zero-order valence-electron chi connectivity index (χ0n) is 12.2. The number of rotatable bonds is 3. The molecule has 0 N–H and O–H groups in total. The maximum atomic E-state index is 12.8. The number of aromatic nitrogens is 1. The quantitative estimate of drug-likeness (QED) is 0.666. The van der Waals surface area contributed by atoms with Gasteiger partial charge in [-0.2, -0.15) is 21.6 Å². The van der Waals surface area contributed by atoms with Gasteiger partial charge in [0, 0.05) is 23.3 Å². The fourth-order valence-corrected chi connectivity index (χ4v) is 3.03. The molecule has 126 valence electrons. The summed E-state index contributed by atoms with van der Waals surface area (Å²) in [5, 5.41) is 0.206. The Kier molecular flexibility index (Phi) is 3.84. The largest absolute Gasteiger partial charge is 0.456 e. The number of nitrogens with zero attached hydrogens (tertiary/aromatic N) is 1. The number of alkyl halides is 3. The third-order valence-electron chi connectivity index (χ3n) is 3.38. The predicted octanol–water partition coefficient (Wildman–Crippen LogP) is 3.85. The SMILES string of the molecule is COS(=O)(=O)c1cnccc1-c1cc2cc(C(F)(F)F)ccc2o1. The van der Waals surface area contributed by atoms with Crippen molar-refractivity contribution in [1.82, 2.24) is 4.98 Å². The van der Waals surface area contributed by atoms with Gasteiger partial charge in [-0.25, -0.2) is 0 Å². The van der Waals surface area contributed by atoms with Gasteiger partial charge in [-0.3, -0.25) is 9.17 Å². The maximum absolute atomic E-state index is 12.8. The van der Waals surface area contributed by atoms with Crippen LogP contribution in [-0.4, -0.2) is 20.5 Å². The highest BCUT2D eigenvalue weighted by Gasteiger charge is 2.31. The van der Waals surface area contributed by atoms with Crippen LogP contribution in [0.25, 0.3) is 22.3 Å². The van der Waals surface area contributed by atoms with E-state index < -0.39 is 21.9 Å². The molecule has 2 aromatic heterocycles. The van der Waals surface area contributed by atoms with E-state index in [-0.39, 0.29) is 27.2 Å². The van der Waals surface area contributed by atoms with E-state index in [0.29, 0.717) is 0 Å². The minimum atomic E-state index is -4.48. The molecule has 0 saturated heterocycles. The fourth-order valence-electron chi connectivity index (χ4n) is 2.22. The van der Waals surface area contributed by atoms with Crippen LogP contribution in [0.5, 0.6) is 0 Å². The van der Waals surface area contributed by atoms with Crippen molar-refractivity contribution in [1.29, 1.82) is 0 Å². The Morgan fingerprint density at radius 3 is 2.58 bits per heavy atom. The molecule has 3 rings (SSSR count). The summed E-state index contributed by atoms with van der Waals surface area (Å²) in [6, 6.07) is 5.75. The van der Waals surface area contributed by atoms with Gasteiger partial charge in [0.15, 0.2) is 0 Å². The Hall–Kier alpha value is -2.39. The molecule has 0 spiro atoms. The highest BCUT2D eigenvalue weighted by molar-refractivity contribution is 7.86. The van der Waals surface area contributed by atoms with E-state index >= 15 is 0 Å². The first-order valence-corrected chi connectivity index (χ1v) is 7.99. The lowest BCUT2D eigenvalue weighted by atomic mass is 10.1. The van der Waals surface area contributed by atoms with Crippen LogP contribution in [0.1, 0.15) is 5.56 Å². The van der Waals surface area contributed by atoms with E-state index in [2.05, 4.69) is 9.17 Å². The minimum Gasteiger partial charge on any atom is -0.456 e. The molecule has 0 bridgehead atoms. The van der Waals surface area contributed by atoms with Crippen molar-refractivity contribution in [2.45, 2.75) is 11.1 Å². The van der Waals surface area contributed by atoms with Crippen LogP contribution < -0.4 is 0 Å². The number of halogens is 3. The van der Waals surface area contributed by atoms with Crippen LogP contribution in [0.3, 0.4) is 0 Å². The van der Waals surface area contributed by atoms with Crippen molar-refractivity contribution in [3.05, 3.63) is 48.3 Å². The molecule has 0 atom stereocenters. The van der Waals surface area contributed by atoms with Crippen molar-refractivity contribution in [3.63, 3.8) is 0 Å².